The highest BCUT2D eigenvalue weighted by Gasteiger charge is 2.27. The summed E-state index contributed by atoms with van der Waals surface area (Å²) in [6.07, 6.45) is 0. The van der Waals surface area contributed by atoms with E-state index < -0.39 is 0 Å². The van der Waals surface area contributed by atoms with E-state index in [1.54, 1.807) is 0 Å². The third-order valence-electron chi connectivity index (χ3n) is 28.5. The highest BCUT2D eigenvalue weighted by Crippen LogP contribution is 2.46. The Hall–Kier alpha value is -19.8. The number of fused-ring (bicyclic) bond motifs is 18. The largest absolute Gasteiger partial charge is 0.309 e. The molecule has 0 unspecified atom stereocenters. The second kappa shape index (κ2) is 33.0. The number of rotatable bonds is 16. The van der Waals surface area contributed by atoms with Crippen molar-refractivity contribution in [2.45, 2.75) is 0 Å². The zero-order valence-electron chi connectivity index (χ0n) is 77.3. The Morgan fingerprint density at radius 2 is 0.299 bits per heavy atom. The van der Waals surface area contributed by atoms with Gasteiger partial charge in [0.2, 0.25) is 5.95 Å². The molecule has 670 valence electrons. The van der Waals surface area contributed by atoms with Crippen molar-refractivity contribution < 1.29 is 0 Å². The fourth-order valence-electron chi connectivity index (χ4n) is 22.0. The first-order chi connectivity index (χ1) is 71.4. The Morgan fingerprint density at radius 3 is 0.639 bits per heavy atom. The molecule has 0 spiro atoms. The molecule has 0 bridgehead atoms. The van der Waals surface area contributed by atoms with Crippen LogP contribution in [-0.2, 0) is 0 Å². The lowest BCUT2D eigenvalue weighted by Gasteiger charge is -2.12. The quantitative estimate of drug-likeness (QED) is 0.0923. The van der Waals surface area contributed by atoms with Crippen molar-refractivity contribution in [3.8, 4) is 148 Å². The SMILES string of the molecule is c1ccc(-c2nc(-c3ccc(-n4c5ccccc5c5cc(-n6c7ccccc7c7cc(-c8cccc(-c9nc(-c%10ccccc%10)nc(-n%10c%11ccccc%11c%11cc(-n%12c%13ccccc%13c%13ccccc%13%12)ccc%11%10)n9)c8)ccc76)ccc54)cc3)nc(-c3cccc(-c4ccc5c(c4)c4ccccc4n5-c4ccc5c(c4)c4ccccc4n5-c4cccc(-c5nc(-c6ccccc6)nc(-c6ccccc6)n5)c4)c3)n2)cc1. The third kappa shape index (κ3) is 13.4. The normalized spacial score (nSPS) is 11.9. The molecule has 0 aliphatic heterocycles. The Balaban J connectivity index is 0.473. The van der Waals surface area contributed by atoms with Crippen molar-refractivity contribution >= 4 is 131 Å². The van der Waals surface area contributed by atoms with Gasteiger partial charge in [-0.1, -0.05) is 309 Å². The molecule has 0 fully saturated rings. The van der Waals surface area contributed by atoms with Crippen LogP contribution in [0.15, 0.2) is 479 Å². The van der Waals surface area contributed by atoms with Gasteiger partial charge in [0.05, 0.1) is 66.2 Å². The average molecular weight is 1840 g/mol. The molecule has 0 radical (unpaired) electrons. The lowest BCUT2D eigenvalue weighted by molar-refractivity contribution is 0.953. The molecule has 0 saturated heterocycles. The zero-order chi connectivity index (χ0) is 94.6. The summed E-state index contributed by atoms with van der Waals surface area (Å²) in [5.74, 6) is 5.27. The molecule has 15 heteroatoms. The maximum atomic E-state index is 5.45. The van der Waals surface area contributed by atoms with Crippen molar-refractivity contribution in [2.75, 3.05) is 0 Å². The summed E-state index contributed by atoms with van der Waals surface area (Å²) in [7, 11) is 0. The Kier molecular flexibility index (Phi) is 18.7. The smallest absolute Gasteiger partial charge is 0.238 e. The summed E-state index contributed by atoms with van der Waals surface area (Å²) < 4.78 is 14.1. The van der Waals surface area contributed by atoms with Crippen molar-refractivity contribution in [2.24, 2.45) is 0 Å². The van der Waals surface area contributed by atoms with E-state index in [0.717, 1.165) is 215 Å². The van der Waals surface area contributed by atoms with Crippen LogP contribution in [0.4, 0.5) is 0 Å². The molecule has 0 atom stereocenters. The molecule has 29 aromatic rings. The molecule has 15 nitrogen and oxygen atoms in total. The van der Waals surface area contributed by atoms with E-state index in [-0.39, 0.29) is 0 Å². The van der Waals surface area contributed by atoms with Gasteiger partial charge in [-0.2, -0.15) is 9.97 Å². The highest BCUT2D eigenvalue weighted by molar-refractivity contribution is 6.17. The Bertz CT molecular complexity index is 10200. The molecule has 0 aliphatic rings. The van der Waals surface area contributed by atoms with E-state index in [2.05, 4.69) is 410 Å². The standard InChI is InChI=1S/C129H79N15/c1-5-30-80(31-6-1)121-130-122(81-32-7-2-8-33-81)134-127(133-121)91-42-29-43-93(74-91)140-114-56-25-18-49-102(114)107-78-96(65-70-119(107)140)143-113-55-24-16-46-99(113)104-75-87(60-67-117(104)143)85-38-27-40-89(72-85)126-132-123(82-34-9-3-10-35-82)131-124(135-126)84-58-62-92(63-59-84)139-111-53-22-17-48-101(111)106-77-95(64-69-118(106)139)142-112-54-23-15-47-100(112)105-76-88(61-68-116(105)142)86-39-28-41-90(73-86)128-136-125(83-36-11-4-12-37-83)137-129(138-128)144-115-57-26-19-50-103(115)108-79-94(66-71-120(108)144)141-109-51-20-13-44-97(109)98-45-14-21-52-110(98)141/h1-79H. The molecular weight excluding hydrogens is 1760 g/mol. The van der Waals surface area contributed by atoms with Gasteiger partial charge in [-0.25, -0.2) is 34.9 Å². The highest BCUT2D eigenvalue weighted by atomic mass is 15.2. The van der Waals surface area contributed by atoms with Crippen LogP contribution in [0.1, 0.15) is 0 Å². The van der Waals surface area contributed by atoms with Gasteiger partial charge in [-0.05, 0) is 192 Å². The van der Waals surface area contributed by atoms with E-state index in [1.807, 2.05) is 97.1 Å². The summed E-state index contributed by atoms with van der Waals surface area (Å²) in [5, 5.41) is 13.8. The van der Waals surface area contributed by atoms with Crippen LogP contribution in [0.3, 0.4) is 0 Å². The van der Waals surface area contributed by atoms with E-state index in [0.29, 0.717) is 52.5 Å². The van der Waals surface area contributed by atoms with Gasteiger partial charge in [-0.15, -0.1) is 0 Å². The first-order valence-electron chi connectivity index (χ1n) is 48.5. The Labute approximate surface area is 824 Å². The van der Waals surface area contributed by atoms with Crippen molar-refractivity contribution in [3.63, 3.8) is 0 Å². The van der Waals surface area contributed by atoms with Gasteiger partial charge < -0.3 is 22.8 Å². The second-order valence-electron chi connectivity index (χ2n) is 36.8. The van der Waals surface area contributed by atoms with Gasteiger partial charge in [0.25, 0.3) is 0 Å². The van der Waals surface area contributed by atoms with Crippen LogP contribution in [0, 0.1) is 0 Å². The van der Waals surface area contributed by atoms with Gasteiger partial charge in [0, 0.05) is 138 Å². The first kappa shape index (κ1) is 81.4. The predicted octanol–water partition coefficient (Wildman–Crippen LogP) is 31.5. The van der Waals surface area contributed by atoms with Gasteiger partial charge in [0.15, 0.2) is 46.6 Å². The zero-order valence-corrected chi connectivity index (χ0v) is 77.3. The number of hydrogen-bond donors (Lipinski definition) is 0. The molecule has 0 aliphatic carbocycles. The molecule has 29 rings (SSSR count). The van der Waals surface area contributed by atoms with Crippen LogP contribution >= 0.6 is 0 Å². The topological polar surface area (TPSA) is 146 Å². The molecule has 144 heavy (non-hydrogen) atoms. The molecule has 0 N–H and O–H groups in total. The van der Waals surface area contributed by atoms with Crippen LogP contribution < -0.4 is 0 Å². The van der Waals surface area contributed by atoms with Crippen LogP contribution in [0.5, 0.6) is 0 Å². The maximum absolute atomic E-state index is 5.45. The molecule has 20 aromatic carbocycles. The number of nitrogens with zero attached hydrogens (tertiary/aromatic N) is 15. The summed E-state index contributed by atoms with van der Waals surface area (Å²) in [5.41, 5.74) is 29.7. The maximum Gasteiger partial charge on any atom is 0.238 e. The van der Waals surface area contributed by atoms with Crippen LogP contribution in [0.2, 0.25) is 0 Å². The van der Waals surface area contributed by atoms with Crippen LogP contribution in [0.25, 0.3) is 279 Å². The summed E-state index contributed by atoms with van der Waals surface area (Å²) in [6, 6.07) is 170. The monoisotopic (exact) mass is 1840 g/mol. The fraction of sp³-hybridized carbons (Fsp3) is 0. The predicted molar refractivity (Wildman–Crippen MR) is 587 cm³/mol. The van der Waals surface area contributed by atoms with E-state index in [1.165, 1.54) is 10.8 Å². The lowest BCUT2D eigenvalue weighted by atomic mass is 10.0. The number of benzene rings is 20. The minimum atomic E-state index is 0.536. The average Bonchev–Trinajstić information content (AvgIpc) is 1.58. The van der Waals surface area contributed by atoms with E-state index in [9.17, 15) is 0 Å². The lowest BCUT2D eigenvalue weighted by Crippen LogP contribution is -2.06. The number of aromatic nitrogens is 15. The molecule has 9 aromatic heterocycles. The summed E-state index contributed by atoms with van der Waals surface area (Å²) in [4.78, 5) is 47.2. The molecular formula is C129H79N15. The van der Waals surface area contributed by atoms with Gasteiger partial charge in [-0.3, -0.25) is 4.57 Å². The fourth-order valence-corrected chi connectivity index (χ4v) is 22.0. The molecule has 0 saturated carbocycles. The second-order valence-corrected chi connectivity index (χ2v) is 36.8. The Morgan fingerprint density at radius 1 is 0.104 bits per heavy atom. The van der Waals surface area contributed by atoms with Crippen molar-refractivity contribution in [1.29, 1.82) is 0 Å². The summed E-state index contributed by atoms with van der Waals surface area (Å²) in [6.45, 7) is 0. The first-order valence-corrected chi connectivity index (χ1v) is 48.5. The minimum Gasteiger partial charge on any atom is -0.309 e. The van der Waals surface area contributed by atoms with Crippen molar-refractivity contribution in [1.82, 2.24) is 72.3 Å². The van der Waals surface area contributed by atoms with Crippen LogP contribution in [-0.4, -0.2) is 72.3 Å². The van der Waals surface area contributed by atoms with E-state index in [4.69, 9.17) is 44.9 Å². The van der Waals surface area contributed by atoms with Crippen molar-refractivity contribution in [3.05, 3.63) is 479 Å². The van der Waals surface area contributed by atoms with E-state index >= 15 is 0 Å². The number of hydrogen-bond acceptors (Lipinski definition) is 9. The summed E-state index contributed by atoms with van der Waals surface area (Å²) >= 11 is 0. The molecule has 9 heterocycles. The van der Waals surface area contributed by atoms with Gasteiger partial charge in [0.1, 0.15) is 0 Å². The minimum absolute atomic E-state index is 0.536. The third-order valence-corrected chi connectivity index (χ3v) is 28.5. The number of para-hydroxylation sites is 7. The van der Waals surface area contributed by atoms with Gasteiger partial charge >= 0.3 is 0 Å². The molecule has 0 amide bonds.